The Kier molecular flexibility index (Phi) is 17.0. The van der Waals surface area contributed by atoms with Gasteiger partial charge in [-0.25, -0.2) is 0 Å². The van der Waals surface area contributed by atoms with Crippen molar-refractivity contribution in [1.29, 1.82) is 0 Å². The van der Waals surface area contributed by atoms with E-state index in [2.05, 4.69) is 52.2 Å². The van der Waals surface area contributed by atoms with Crippen molar-refractivity contribution in [2.75, 3.05) is 19.6 Å². The molecule has 2 heteroatoms. The third kappa shape index (κ3) is 16.1. The molecule has 0 bridgehead atoms. The van der Waals surface area contributed by atoms with Gasteiger partial charge in [0.15, 0.2) is 0 Å². The fourth-order valence-electron chi connectivity index (χ4n) is 3.30. The van der Waals surface area contributed by atoms with Crippen LogP contribution in [0.25, 0.3) is 0 Å². The second-order valence-corrected chi connectivity index (χ2v) is 9.46. The minimum atomic E-state index is 0.378. The van der Waals surface area contributed by atoms with Gasteiger partial charge < -0.3 is 10.6 Å². The van der Waals surface area contributed by atoms with Crippen molar-refractivity contribution in [2.24, 2.45) is 11.3 Å². The van der Waals surface area contributed by atoms with E-state index < -0.39 is 0 Å². The van der Waals surface area contributed by atoms with E-state index in [1.54, 1.807) is 0 Å². The first kappa shape index (κ1) is 25.9. The third-order valence-corrected chi connectivity index (χ3v) is 6.12. The van der Waals surface area contributed by atoms with Crippen LogP contribution in [-0.2, 0) is 0 Å². The summed E-state index contributed by atoms with van der Waals surface area (Å²) < 4.78 is 0. The lowest BCUT2D eigenvalue weighted by atomic mass is 9.88. The summed E-state index contributed by atoms with van der Waals surface area (Å²) in [5.41, 5.74) is 0.378. The van der Waals surface area contributed by atoms with E-state index in [1.807, 2.05) is 0 Å². The summed E-state index contributed by atoms with van der Waals surface area (Å²) in [4.78, 5) is 0. The molecule has 0 saturated heterocycles. The Labute approximate surface area is 166 Å². The highest BCUT2D eigenvalue weighted by Gasteiger charge is 2.18. The lowest BCUT2D eigenvalue weighted by Gasteiger charge is -2.28. The highest BCUT2D eigenvalue weighted by atomic mass is 14.9. The molecule has 0 amide bonds. The van der Waals surface area contributed by atoms with E-state index in [1.165, 1.54) is 96.7 Å². The molecule has 158 valence electrons. The molecule has 2 N–H and O–H groups in total. The van der Waals surface area contributed by atoms with Crippen LogP contribution in [0.1, 0.15) is 119 Å². The Hall–Kier alpha value is -0.0800. The summed E-state index contributed by atoms with van der Waals surface area (Å²) >= 11 is 0. The quantitative estimate of drug-likeness (QED) is 0.256. The van der Waals surface area contributed by atoms with Crippen LogP contribution in [0.3, 0.4) is 0 Å². The molecule has 0 aromatic rings. The van der Waals surface area contributed by atoms with Crippen LogP contribution in [0.2, 0.25) is 0 Å². The van der Waals surface area contributed by atoms with Crippen LogP contribution in [0.15, 0.2) is 0 Å². The predicted molar refractivity (Wildman–Crippen MR) is 120 cm³/mol. The Balaban J connectivity index is 3.18. The molecule has 0 aliphatic carbocycles. The van der Waals surface area contributed by atoms with Gasteiger partial charge in [-0.15, -0.1) is 0 Å². The molecule has 0 aliphatic heterocycles. The monoisotopic (exact) mass is 368 g/mol. The Morgan fingerprint density at radius 1 is 0.654 bits per heavy atom. The van der Waals surface area contributed by atoms with Crippen molar-refractivity contribution in [3.63, 3.8) is 0 Å². The Bertz CT molecular complexity index is 278. The first-order valence-electron chi connectivity index (χ1n) is 11.9. The zero-order chi connectivity index (χ0) is 19.7. The number of rotatable bonds is 18. The molecule has 0 spiro atoms. The Morgan fingerprint density at radius 2 is 1.08 bits per heavy atom. The zero-order valence-corrected chi connectivity index (χ0v) is 19.3. The fraction of sp³-hybridized carbons (Fsp3) is 1.00. The summed E-state index contributed by atoms with van der Waals surface area (Å²) in [7, 11) is 0. The number of hydrogen-bond acceptors (Lipinski definition) is 2. The molecule has 0 saturated carbocycles. The minimum absolute atomic E-state index is 0.378. The molecule has 2 nitrogen and oxygen atoms in total. The molecular weight excluding hydrogens is 316 g/mol. The van der Waals surface area contributed by atoms with E-state index in [4.69, 9.17) is 0 Å². The van der Waals surface area contributed by atoms with Crippen molar-refractivity contribution in [2.45, 2.75) is 125 Å². The summed E-state index contributed by atoms with van der Waals surface area (Å²) in [6.45, 7) is 17.5. The molecule has 0 rings (SSSR count). The maximum absolute atomic E-state index is 3.67. The van der Waals surface area contributed by atoms with Crippen molar-refractivity contribution in [3.8, 4) is 0 Å². The summed E-state index contributed by atoms with van der Waals surface area (Å²) in [5.74, 6) is 0.882. The van der Waals surface area contributed by atoms with Gasteiger partial charge in [0.1, 0.15) is 0 Å². The molecule has 1 atom stereocenters. The van der Waals surface area contributed by atoms with Gasteiger partial charge in [0.2, 0.25) is 0 Å². The largest absolute Gasteiger partial charge is 0.316 e. The van der Waals surface area contributed by atoms with Gasteiger partial charge in [-0.2, -0.15) is 0 Å². The minimum Gasteiger partial charge on any atom is -0.316 e. The molecule has 0 aliphatic rings. The second kappa shape index (κ2) is 17.0. The summed E-state index contributed by atoms with van der Waals surface area (Å²) in [6, 6.07) is 0.609. The molecular formula is C24H52N2. The van der Waals surface area contributed by atoms with E-state index in [9.17, 15) is 0 Å². The highest BCUT2D eigenvalue weighted by Crippen LogP contribution is 2.18. The molecule has 1 unspecified atom stereocenters. The van der Waals surface area contributed by atoms with Crippen LogP contribution in [0, 0.1) is 11.3 Å². The lowest BCUT2D eigenvalue weighted by molar-refractivity contribution is 0.285. The normalized spacial score (nSPS) is 13.5. The van der Waals surface area contributed by atoms with Gasteiger partial charge in [-0.1, -0.05) is 98.8 Å². The summed E-state index contributed by atoms with van der Waals surface area (Å²) in [5, 5.41) is 7.30. The van der Waals surface area contributed by atoms with E-state index in [0.29, 0.717) is 11.5 Å². The molecule has 0 radical (unpaired) electrons. The SMILES string of the molecule is CCC(CC)CNCCCCCCCCCCCCNC(C)C(C)(C)C. The van der Waals surface area contributed by atoms with Crippen molar-refractivity contribution < 1.29 is 0 Å². The number of unbranched alkanes of at least 4 members (excludes halogenated alkanes) is 9. The van der Waals surface area contributed by atoms with E-state index >= 15 is 0 Å². The van der Waals surface area contributed by atoms with Gasteiger partial charge in [-0.05, 0) is 50.7 Å². The van der Waals surface area contributed by atoms with Crippen LogP contribution in [0.4, 0.5) is 0 Å². The summed E-state index contributed by atoms with van der Waals surface area (Å²) in [6.07, 6.45) is 16.8. The van der Waals surface area contributed by atoms with Crippen molar-refractivity contribution >= 4 is 0 Å². The highest BCUT2D eigenvalue weighted by molar-refractivity contribution is 4.75. The van der Waals surface area contributed by atoms with Crippen LogP contribution >= 0.6 is 0 Å². The molecule has 0 heterocycles. The van der Waals surface area contributed by atoms with Crippen molar-refractivity contribution in [3.05, 3.63) is 0 Å². The van der Waals surface area contributed by atoms with Gasteiger partial charge in [-0.3, -0.25) is 0 Å². The van der Waals surface area contributed by atoms with Gasteiger partial charge in [0, 0.05) is 6.04 Å². The molecule has 0 fully saturated rings. The van der Waals surface area contributed by atoms with Crippen LogP contribution in [-0.4, -0.2) is 25.7 Å². The number of nitrogens with one attached hydrogen (secondary N) is 2. The lowest BCUT2D eigenvalue weighted by Crippen LogP contribution is -2.38. The zero-order valence-electron chi connectivity index (χ0n) is 19.3. The maximum Gasteiger partial charge on any atom is 0.00872 e. The van der Waals surface area contributed by atoms with Crippen molar-refractivity contribution in [1.82, 2.24) is 10.6 Å². The molecule has 26 heavy (non-hydrogen) atoms. The molecule has 0 aromatic carbocycles. The van der Waals surface area contributed by atoms with Crippen LogP contribution in [0.5, 0.6) is 0 Å². The van der Waals surface area contributed by atoms with Gasteiger partial charge in [0.05, 0.1) is 0 Å². The standard InChI is InChI=1S/C24H52N2/c1-7-23(8-2)21-25-19-17-15-13-11-9-10-12-14-16-18-20-26-22(3)24(4,5)6/h22-23,25-26H,7-21H2,1-6H3. The average Bonchev–Trinajstić information content (AvgIpc) is 2.60. The Morgan fingerprint density at radius 3 is 1.50 bits per heavy atom. The van der Waals surface area contributed by atoms with E-state index in [-0.39, 0.29) is 0 Å². The smallest absolute Gasteiger partial charge is 0.00872 e. The maximum atomic E-state index is 3.67. The first-order chi connectivity index (χ1) is 12.4. The second-order valence-electron chi connectivity index (χ2n) is 9.46. The van der Waals surface area contributed by atoms with E-state index in [0.717, 1.165) is 5.92 Å². The average molecular weight is 369 g/mol. The van der Waals surface area contributed by atoms with Gasteiger partial charge >= 0.3 is 0 Å². The predicted octanol–water partition coefficient (Wildman–Crippen LogP) is 6.94. The molecule has 0 aromatic heterocycles. The van der Waals surface area contributed by atoms with Gasteiger partial charge in [0.25, 0.3) is 0 Å². The number of hydrogen-bond donors (Lipinski definition) is 2. The third-order valence-electron chi connectivity index (χ3n) is 6.12. The topological polar surface area (TPSA) is 24.1 Å². The first-order valence-corrected chi connectivity index (χ1v) is 11.9. The van der Waals surface area contributed by atoms with Crippen LogP contribution < -0.4 is 10.6 Å². The fourth-order valence-corrected chi connectivity index (χ4v) is 3.30.